The van der Waals surface area contributed by atoms with Crippen molar-refractivity contribution in [2.24, 2.45) is 0 Å². The molecule has 2 rings (SSSR count). The molecule has 1 saturated heterocycles. The molecule has 1 aliphatic heterocycles. The smallest absolute Gasteiger partial charge is 0.157 e. The molecule has 4 nitrogen and oxygen atoms in total. The lowest BCUT2D eigenvalue weighted by Crippen LogP contribution is -2.18. The van der Waals surface area contributed by atoms with E-state index < -0.39 is 0 Å². The highest BCUT2D eigenvalue weighted by Gasteiger charge is 2.16. The van der Waals surface area contributed by atoms with E-state index in [9.17, 15) is 0 Å². The van der Waals surface area contributed by atoms with Crippen LogP contribution in [0.2, 0.25) is 0 Å². The number of ether oxygens (including phenoxy) is 2. The van der Waals surface area contributed by atoms with Crippen LogP contribution in [-0.2, 0) is 4.74 Å². The SMILES string of the molecule is CC(C)Oc1cnn(C2CCCCO2)c1. The molecule has 0 spiro atoms. The fourth-order valence-corrected chi connectivity index (χ4v) is 1.74. The summed E-state index contributed by atoms with van der Waals surface area (Å²) in [5, 5.41) is 4.26. The van der Waals surface area contributed by atoms with Crippen LogP contribution >= 0.6 is 0 Å². The van der Waals surface area contributed by atoms with Crippen LogP contribution in [0.4, 0.5) is 0 Å². The maximum atomic E-state index is 5.63. The van der Waals surface area contributed by atoms with Gasteiger partial charge in [-0.1, -0.05) is 0 Å². The van der Waals surface area contributed by atoms with Crippen molar-refractivity contribution in [3.05, 3.63) is 12.4 Å². The third-order valence-corrected chi connectivity index (χ3v) is 2.40. The minimum absolute atomic E-state index is 0.100. The van der Waals surface area contributed by atoms with Crippen molar-refractivity contribution < 1.29 is 9.47 Å². The molecule has 0 bridgehead atoms. The summed E-state index contributed by atoms with van der Waals surface area (Å²) in [4.78, 5) is 0. The Labute approximate surface area is 90.2 Å². The van der Waals surface area contributed by atoms with Gasteiger partial charge in [-0.2, -0.15) is 5.10 Å². The molecule has 1 atom stereocenters. The van der Waals surface area contributed by atoms with Crippen LogP contribution in [-0.4, -0.2) is 22.5 Å². The summed E-state index contributed by atoms with van der Waals surface area (Å²) >= 11 is 0. The van der Waals surface area contributed by atoms with Gasteiger partial charge in [0.25, 0.3) is 0 Å². The molecule has 84 valence electrons. The highest BCUT2D eigenvalue weighted by molar-refractivity contribution is 5.12. The highest BCUT2D eigenvalue weighted by Crippen LogP contribution is 2.23. The van der Waals surface area contributed by atoms with Crippen LogP contribution in [0.15, 0.2) is 12.4 Å². The Kier molecular flexibility index (Phi) is 3.26. The highest BCUT2D eigenvalue weighted by atomic mass is 16.5. The largest absolute Gasteiger partial charge is 0.488 e. The van der Waals surface area contributed by atoms with E-state index in [0.29, 0.717) is 0 Å². The fraction of sp³-hybridized carbons (Fsp3) is 0.727. The Hall–Kier alpha value is -1.03. The Balaban J connectivity index is 1.99. The molecule has 0 aromatic carbocycles. The van der Waals surface area contributed by atoms with E-state index in [0.717, 1.165) is 25.2 Å². The van der Waals surface area contributed by atoms with Crippen LogP contribution in [0.1, 0.15) is 39.3 Å². The normalized spacial score (nSPS) is 21.9. The van der Waals surface area contributed by atoms with Crippen molar-refractivity contribution in [3.63, 3.8) is 0 Å². The molecule has 0 N–H and O–H groups in total. The molecule has 2 heterocycles. The van der Waals surface area contributed by atoms with Gasteiger partial charge in [-0.15, -0.1) is 0 Å². The van der Waals surface area contributed by atoms with E-state index in [1.807, 2.05) is 24.7 Å². The van der Waals surface area contributed by atoms with E-state index in [2.05, 4.69) is 5.10 Å². The maximum absolute atomic E-state index is 5.63. The zero-order valence-electron chi connectivity index (χ0n) is 9.35. The molecular weight excluding hydrogens is 192 g/mol. The average Bonchev–Trinajstić information content (AvgIpc) is 2.67. The molecule has 0 amide bonds. The van der Waals surface area contributed by atoms with Crippen molar-refractivity contribution in [2.75, 3.05) is 6.61 Å². The minimum atomic E-state index is 0.100. The summed E-state index contributed by atoms with van der Waals surface area (Å²) in [6.07, 6.45) is 7.37. The number of hydrogen-bond acceptors (Lipinski definition) is 3. The lowest BCUT2D eigenvalue weighted by atomic mass is 10.2. The summed E-state index contributed by atoms with van der Waals surface area (Å²) in [5.41, 5.74) is 0. The second kappa shape index (κ2) is 4.66. The van der Waals surface area contributed by atoms with Crippen LogP contribution in [0, 0.1) is 0 Å². The summed E-state index contributed by atoms with van der Waals surface area (Å²) in [6.45, 7) is 4.85. The number of hydrogen-bond donors (Lipinski definition) is 0. The Bertz CT molecular complexity index is 303. The molecular formula is C11H18N2O2. The van der Waals surface area contributed by atoms with Gasteiger partial charge < -0.3 is 9.47 Å². The first-order valence-corrected chi connectivity index (χ1v) is 5.58. The zero-order valence-corrected chi connectivity index (χ0v) is 9.35. The molecule has 1 aromatic rings. The van der Waals surface area contributed by atoms with Gasteiger partial charge in [0.1, 0.15) is 6.23 Å². The monoisotopic (exact) mass is 210 g/mol. The first-order valence-electron chi connectivity index (χ1n) is 5.58. The van der Waals surface area contributed by atoms with Gasteiger partial charge >= 0.3 is 0 Å². The molecule has 0 radical (unpaired) electrons. The lowest BCUT2D eigenvalue weighted by molar-refractivity contribution is -0.0396. The van der Waals surface area contributed by atoms with Gasteiger partial charge in [0.05, 0.1) is 18.5 Å². The summed E-state index contributed by atoms with van der Waals surface area (Å²) in [7, 11) is 0. The van der Waals surface area contributed by atoms with Crippen molar-refractivity contribution in [1.29, 1.82) is 0 Å². The minimum Gasteiger partial charge on any atom is -0.488 e. The van der Waals surface area contributed by atoms with E-state index in [1.54, 1.807) is 6.20 Å². The van der Waals surface area contributed by atoms with Crippen molar-refractivity contribution in [2.45, 2.75) is 45.4 Å². The second-order valence-corrected chi connectivity index (χ2v) is 4.14. The second-order valence-electron chi connectivity index (χ2n) is 4.14. The summed E-state index contributed by atoms with van der Waals surface area (Å²) < 4.78 is 13.0. The van der Waals surface area contributed by atoms with Crippen molar-refractivity contribution in [3.8, 4) is 5.75 Å². The van der Waals surface area contributed by atoms with E-state index in [4.69, 9.17) is 9.47 Å². The Morgan fingerprint density at radius 3 is 3.07 bits per heavy atom. The molecule has 1 aromatic heterocycles. The van der Waals surface area contributed by atoms with Crippen LogP contribution in [0.3, 0.4) is 0 Å². The van der Waals surface area contributed by atoms with Gasteiger partial charge in [0, 0.05) is 6.61 Å². The molecule has 1 unspecified atom stereocenters. The fourth-order valence-electron chi connectivity index (χ4n) is 1.74. The molecule has 0 saturated carbocycles. The lowest BCUT2D eigenvalue weighted by Gasteiger charge is -2.22. The summed E-state index contributed by atoms with van der Waals surface area (Å²) in [5.74, 6) is 0.819. The molecule has 1 aliphatic rings. The first-order chi connectivity index (χ1) is 7.25. The third-order valence-electron chi connectivity index (χ3n) is 2.40. The third kappa shape index (κ3) is 2.72. The molecule has 1 fully saturated rings. The van der Waals surface area contributed by atoms with Crippen LogP contribution in [0.25, 0.3) is 0 Å². The zero-order chi connectivity index (χ0) is 10.7. The van der Waals surface area contributed by atoms with Crippen molar-refractivity contribution >= 4 is 0 Å². The maximum Gasteiger partial charge on any atom is 0.157 e. The predicted molar refractivity (Wildman–Crippen MR) is 56.8 cm³/mol. The molecule has 4 heteroatoms. The van der Waals surface area contributed by atoms with Gasteiger partial charge in [-0.05, 0) is 33.1 Å². The van der Waals surface area contributed by atoms with Gasteiger partial charge in [-0.3, -0.25) is 0 Å². The summed E-state index contributed by atoms with van der Waals surface area (Å²) in [6, 6.07) is 0. The standard InChI is InChI=1S/C11H18N2O2/c1-9(2)15-10-7-12-13(8-10)11-5-3-4-6-14-11/h7-9,11H,3-6H2,1-2H3. The van der Waals surface area contributed by atoms with Crippen molar-refractivity contribution in [1.82, 2.24) is 9.78 Å². The average molecular weight is 210 g/mol. The number of rotatable bonds is 3. The van der Waals surface area contributed by atoms with E-state index in [-0.39, 0.29) is 12.3 Å². The van der Waals surface area contributed by atoms with E-state index >= 15 is 0 Å². The van der Waals surface area contributed by atoms with Crippen LogP contribution < -0.4 is 4.74 Å². The first kappa shape index (κ1) is 10.5. The topological polar surface area (TPSA) is 36.3 Å². The molecule has 15 heavy (non-hydrogen) atoms. The number of nitrogens with zero attached hydrogens (tertiary/aromatic N) is 2. The van der Waals surface area contributed by atoms with Gasteiger partial charge in [-0.25, -0.2) is 4.68 Å². The number of aromatic nitrogens is 2. The van der Waals surface area contributed by atoms with E-state index in [1.165, 1.54) is 6.42 Å². The van der Waals surface area contributed by atoms with Crippen LogP contribution in [0.5, 0.6) is 5.75 Å². The Morgan fingerprint density at radius 2 is 2.40 bits per heavy atom. The van der Waals surface area contributed by atoms with Gasteiger partial charge in [0.2, 0.25) is 0 Å². The Morgan fingerprint density at radius 1 is 1.53 bits per heavy atom. The predicted octanol–water partition coefficient (Wildman–Crippen LogP) is 2.37. The van der Waals surface area contributed by atoms with Gasteiger partial charge in [0.15, 0.2) is 5.75 Å². The molecule has 0 aliphatic carbocycles. The quantitative estimate of drug-likeness (QED) is 0.768.